The fourth-order valence-electron chi connectivity index (χ4n) is 12.7. The average Bonchev–Trinajstić information content (AvgIpc) is 3.93. The first-order chi connectivity index (χ1) is 34.0. The molecule has 2 nitrogen and oxygen atoms in total. The molecule has 0 spiro atoms. The van der Waals surface area contributed by atoms with Gasteiger partial charge in [-0.15, -0.1) is 0 Å². The molecular weight excluding hydrogens is 835 g/mol. The molecule has 3 unspecified atom stereocenters. The van der Waals surface area contributed by atoms with E-state index in [0.717, 1.165) is 27.5 Å². The highest BCUT2D eigenvalue weighted by Gasteiger charge is 2.41. The highest BCUT2D eigenvalue weighted by molar-refractivity contribution is 6.09. The molecule has 0 radical (unpaired) electrons. The van der Waals surface area contributed by atoms with Gasteiger partial charge in [0.1, 0.15) is 11.2 Å². The molecule has 1 fully saturated rings. The minimum Gasteiger partial charge on any atom is -0.455 e. The maximum absolute atomic E-state index is 6.58. The topological polar surface area (TPSA) is 16.4 Å². The summed E-state index contributed by atoms with van der Waals surface area (Å²) in [6, 6.07) is 74.5. The van der Waals surface area contributed by atoms with Gasteiger partial charge >= 0.3 is 0 Å². The van der Waals surface area contributed by atoms with E-state index in [-0.39, 0.29) is 17.4 Å². The minimum absolute atomic E-state index is 0.0304. The van der Waals surface area contributed by atoms with Crippen molar-refractivity contribution in [2.24, 2.45) is 5.92 Å². The first-order valence-electron chi connectivity index (χ1n) is 25.1. The van der Waals surface area contributed by atoms with Gasteiger partial charge in [0.25, 0.3) is 0 Å². The van der Waals surface area contributed by atoms with Crippen LogP contribution in [0.2, 0.25) is 0 Å². The first-order valence-corrected chi connectivity index (χ1v) is 25.1. The molecule has 0 saturated heterocycles. The second-order valence-corrected chi connectivity index (χ2v) is 19.9. The van der Waals surface area contributed by atoms with E-state index in [4.69, 9.17) is 4.42 Å². The third-order valence-electron chi connectivity index (χ3n) is 16.0. The van der Waals surface area contributed by atoms with Gasteiger partial charge in [0, 0.05) is 38.7 Å². The molecule has 1 saturated carbocycles. The number of para-hydroxylation sites is 3. The quantitative estimate of drug-likeness (QED) is 0.151. The standard InChI is InChI=1S/C67H55NO/c1-44-43-48(53-30-17-32-57-55-26-11-14-36-63(55)69-66(53)57)39-42-61(44)68(62-35-13-10-25-54(62)56-31-16-22-47-21-15-28-51(64(47)56)45-19-5-3-6-20-45)50-40-37-46(38-41-50)52-29-18-34-60-65(52)58-27-9-12-33-59(58)67(60,2)49-23-7-4-8-24-49/h4,7-18,21-45,61H,3,5-6,19-20H2,1-2H3. The Morgan fingerprint density at radius 2 is 1.19 bits per heavy atom. The second kappa shape index (κ2) is 16.8. The number of benzene rings is 9. The number of furan rings is 1. The van der Waals surface area contributed by atoms with E-state index in [1.807, 2.05) is 0 Å². The number of allylic oxidation sites excluding steroid dienone is 2. The second-order valence-electron chi connectivity index (χ2n) is 19.9. The molecule has 69 heavy (non-hydrogen) atoms. The summed E-state index contributed by atoms with van der Waals surface area (Å²) in [7, 11) is 0. The Kier molecular flexibility index (Phi) is 10.1. The van der Waals surface area contributed by atoms with Gasteiger partial charge in [0.15, 0.2) is 0 Å². The van der Waals surface area contributed by atoms with Crippen LogP contribution < -0.4 is 4.90 Å². The normalized spacial score (nSPS) is 18.9. The molecule has 0 N–H and O–H groups in total. The fourth-order valence-corrected chi connectivity index (χ4v) is 12.7. The van der Waals surface area contributed by atoms with Crippen LogP contribution >= 0.6 is 0 Å². The Hall–Kier alpha value is -7.68. The van der Waals surface area contributed by atoms with Crippen molar-refractivity contribution >= 4 is 49.7 Å². The highest BCUT2D eigenvalue weighted by atomic mass is 16.3. The maximum atomic E-state index is 6.58. The Labute approximate surface area is 405 Å². The lowest BCUT2D eigenvalue weighted by Crippen LogP contribution is -2.36. The van der Waals surface area contributed by atoms with Gasteiger partial charge in [-0.25, -0.2) is 0 Å². The van der Waals surface area contributed by atoms with E-state index in [1.165, 1.54) is 115 Å². The zero-order chi connectivity index (χ0) is 46.1. The van der Waals surface area contributed by atoms with Gasteiger partial charge in [-0.2, -0.15) is 0 Å². The van der Waals surface area contributed by atoms with Crippen LogP contribution in [0.3, 0.4) is 0 Å². The van der Waals surface area contributed by atoms with Crippen molar-refractivity contribution in [2.45, 2.75) is 63.3 Å². The summed E-state index contributed by atoms with van der Waals surface area (Å²) in [6.07, 6.45) is 13.7. The third-order valence-corrected chi connectivity index (χ3v) is 16.0. The zero-order valence-corrected chi connectivity index (χ0v) is 39.4. The molecule has 1 aromatic heterocycles. The number of nitrogens with zero attached hydrogens (tertiary/aromatic N) is 1. The fraction of sp³-hybridized carbons (Fsp3) is 0.164. The van der Waals surface area contributed by atoms with Crippen LogP contribution in [0.1, 0.15) is 79.7 Å². The van der Waals surface area contributed by atoms with E-state index < -0.39 is 0 Å². The van der Waals surface area contributed by atoms with Crippen LogP contribution in [-0.2, 0) is 5.41 Å². The molecule has 13 rings (SSSR count). The Morgan fingerprint density at radius 3 is 2.03 bits per heavy atom. The van der Waals surface area contributed by atoms with Crippen LogP contribution in [-0.4, -0.2) is 6.04 Å². The van der Waals surface area contributed by atoms with Crippen LogP contribution in [0.15, 0.2) is 223 Å². The summed E-state index contributed by atoms with van der Waals surface area (Å²) in [5, 5.41) is 5.04. The van der Waals surface area contributed by atoms with Gasteiger partial charge in [-0.3, -0.25) is 0 Å². The number of anilines is 2. The van der Waals surface area contributed by atoms with Crippen molar-refractivity contribution in [1.29, 1.82) is 0 Å². The molecule has 0 aliphatic heterocycles. The van der Waals surface area contributed by atoms with Crippen molar-refractivity contribution < 1.29 is 4.42 Å². The Balaban J connectivity index is 0.954. The number of fused-ring (bicyclic) bond motifs is 7. The first kappa shape index (κ1) is 41.5. The summed E-state index contributed by atoms with van der Waals surface area (Å²) in [5.41, 5.74) is 19.6. The minimum atomic E-state index is -0.256. The van der Waals surface area contributed by atoms with E-state index in [1.54, 1.807) is 0 Å². The van der Waals surface area contributed by atoms with E-state index in [9.17, 15) is 0 Å². The average molecular weight is 890 g/mol. The molecule has 1 heterocycles. The maximum Gasteiger partial charge on any atom is 0.143 e. The Bertz CT molecular complexity index is 3640. The monoisotopic (exact) mass is 889 g/mol. The lowest BCUT2D eigenvalue weighted by molar-refractivity contribution is 0.445. The van der Waals surface area contributed by atoms with Gasteiger partial charge in [0.05, 0.1) is 6.04 Å². The number of hydrogen-bond acceptors (Lipinski definition) is 2. The molecular formula is C67H55NO. The van der Waals surface area contributed by atoms with Crippen LogP contribution in [0.25, 0.3) is 71.7 Å². The summed E-state index contributed by atoms with van der Waals surface area (Å²) in [6.45, 7) is 4.78. The molecule has 3 atom stereocenters. The number of hydrogen-bond donors (Lipinski definition) is 0. The van der Waals surface area contributed by atoms with Gasteiger partial charge < -0.3 is 9.32 Å². The largest absolute Gasteiger partial charge is 0.455 e. The van der Waals surface area contributed by atoms with E-state index in [0.29, 0.717) is 5.92 Å². The lowest BCUT2D eigenvalue weighted by atomic mass is 9.74. The van der Waals surface area contributed by atoms with Crippen LogP contribution in [0.4, 0.5) is 11.4 Å². The van der Waals surface area contributed by atoms with Crippen LogP contribution in [0.5, 0.6) is 0 Å². The summed E-state index contributed by atoms with van der Waals surface area (Å²) in [5.74, 6) is 0.740. The summed E-state index contributed by atoms with van der Waals surface area (Å²) >= 11 is 0. The third kappa shape index (κ3) is 6.75. The molecule has 10 aromatic rings. The highest BCUT2D eigenvalue weighted by Crippen LogP contribution is 2.55. The van der Waals surface area contributed by atoms with E-state index in [2.05, 4.69) is 237 Å². The lowest BCUT2D eigenvalue weighted by Gasteiger charge is -2.38. The molecule has 0 amide bonds. The molecule has 9 aromatic carbocycles. The number of rotatable bonds is 8. The van der Waals surface area contributed by atoms with Gasteiger partial charge in [0.2, 0.25) is 0 Å². The van der Waals surface area contributed by atoms with Crippen molar-refractivity contribution in [3.05, 3.63) is 246 Å². The van der Waals surface area contributed by atoms with Crippen LogP contribution in [0, 0.1) is 5.92 Å². The van der Waals surface area contributed by atoms with Crippen molar-refractivity contribution in [3.63, 3.8) is 0 Å². The molecule has 3 aliphatic carbocycles. The molecule has 334 valence electrons. The van der Waals surface area contributed by atoms with Gasteiger partial charge in [-0.05, 0) is 122 Å². The predicted octanol–water partition coefficient (Wildman–Crippen LogP) is 18.3. The summed E-state index contributed by atoms with van der Waals surface area (Å²) in [4.78, 5) is 2.62. The molecule has 0 bridgehead atoms. The Morgan fingerprint density at radius 1 is 0.536 bits per heavy atom. The predicted molar refractivity (Wildman–Crippen MR) is 290 cm³/mol. The van der Waals surface area contributed by atoms with E-state index >= 15 is 0 Å². The van der Waals surface area contributed by atoms with Crippen molar-refractivity contribution in [3.8, 4) is 33.4 Å². The smallest absolute Gasteiger partial charge is 0.143 e. The van der Waals surface area contributed by atoms with Crippen molar-refractivity contribution in [2.75, 3.05) is 4.90 Å². The van der Waals surface area contributed by atoms with Gasteiger partial charge in [-0.1, -0.05) is 220 Å². The molecule has 3 aliphatic rings. The SMILES string of the molecule is CC1C=C(c2cccc3c2oc2ccccc23)C=CC1N(c1ccc(-c2cccc3c2-c2ccccc2C3(C)c2ccccc2)cc1)c1ccccc1-c1cccc2cccc(C3CCCCC3)c12. The molecule has 2 heteroatoms. The zero-order valence-electron chi connectivity index (χ0n) is 39.4. The van der Waals surface area contributed by atoms with Crippen molar-refractivity contribution in [1.82, 2.24) is 0 Å². The summed E-state index contributed by atoms with van der Waals surface area (Å²) < 4.78 is 6.58.